The Kier molecular flexibility index (Phi) is 4.16. The summed E-state index contributed by atoms with van der Waals surface area (Å²) in [5.74, 6) is 0.208. The van der Waals surface area contributed by atoms with Gasteiger partial charge < -0.3 is 5.32 Å². The first-order chi connectivity index (χ1) is 8.31. The molecule has 1 fully saturated rings. The molecular weight excluding hydrogens is 232 g/mol. The van der Waals surface area contributed by atoms with E-state index < -0.39 is 0 Å². The van der Waals surface area contributed by atoms with Crippen LogP contribution in [0.2, 0.25) is 0 Å². The van der Waals surface area contributed by atoms with E-state index in [0.29, 0.717) is 11.5 Å². The summed E-state index contributed by atoms with van der Waals surface area (Å²) < 4.78 is 0. The normalized spacial score (nSPS) is 18.3. The van der Waals surface area contributed by atoms with Gasteiger partial charge in [0.15, 0.2) is 0 Å². The maximum atomic E-state index is 11.9. The summed E-state index contributed by atoms with van der Waals surface area (Å²) >= 11 is 1.49. The molecule has 1 aromatic rings. The molecule has 4 heteroatoms. The van der Waals surface area contributed by atoms with E-state index in [1.54, 1.807) is 6.07 Å². The molecule has 0 saturated heterocycles. The Morgan fingerprint density at radius 3 is 2.82 bits per heavy atom. The van der Waals surface area contributed by atoms with Crippen molar-refractivity contribution in [3.05, 3.63) is 22.4 Å². The minimum atomic E-state index is -0.331. The van der Waals surface area contributed by atoms with Crippen LogP contribution in [-0.4, -0.2) is 11.9 Å². The lowest BCUT2D eigenvalue weighted by Gasteiger charge is -2.26. The number of nitrogens with one attached hydrogen (secondary N) is 1. The van der Waals surface area contributed by atoms with E-state index >= 15 is 0 Å². The molecule has 0 bridgehead atoms. The van der Waals surface area contributed by atoms with Crippen LogP contribution in [-0.2, 0) is 0 Å². The van der Waals surface area contributed by atoms with Crippen molar-refractivity contribution in [2.24, 2.45) is 5.92 Å². The first-order valence-electron chi connectivity index (χ1n) is 6.04. The van der Waals surface area contributed by atoms with Crippen LogP contribution in [0, 0.1) is 17.2 Å². The molecule has 0 aliphatic heterocycles. The molecule has 1 aliphatic rings. The Labute approximate surface area is 105 Å². The van der Waals surface area contributed by atoms with E-state index in [1.165, 1.54) is 30.6 Å². The van der Waals surface area contributed by atoms with Crippen molar-refractivity contribution in [2.45, 2.75) is 38.1 Å². The molecule has 1 aromatic heterocycles. The fraction of sp³-hybridized carbons (Fsp3) is 0.538. The van der Waals surface area contributed by atoms with E-state index in [1.807, 2.05) is 10.8 Å². The van der Waals surface area contributed by atoms with Crippen LogP contribution in [0.25, 0.3) is 0 Å². The molecule has 17 heavy (non-hydrogen) atoms. The highest BCUT2D eigenvalue weighted by atomic mass is 32.1. The molecule has 0 radical (unpaired) electrons. The van der Waals surface area contributed by atoms with Gasteiger partial charge in [0.1, 0.15) is 6.04 Å². The number of hydrogen-bond donors (Lipinski definition) is 1. The highest BCUT2D eigenvalue weighted by Gasteiger charge is 2.25. The summed E-state index contributed by atoms with van der Waals surface area (Å²) in [5.41, 5.74) is 0.658. The maximum Gasteiger partial charge on any atom is 0.253 e. The largest absolute Gasteiger partial charge is 0.336 e. The molecule has 0 aromatic carbocycles. The molecular formula is C13H16N2OS. The number of carbonyl (C=O) groups excluding carboxylic acids is 1. The van der Waals surface area contributed by atoms with E-state index in [-0.39, 0.29) is 11.9 Å². The number of hydrogen-bond acceptors (Lipinski definition) is 3. The number of amides is 1. The van der Waals surface area contributed by atoms with E-state index in [4.69, 9.17) is 5.26 Å². The average Bonchev–Trinajstić information content (AvgIpc) is 2.90. The summed E-state index contributed by atoms with van der Waals surface area (Å²) in [6.45, 7) is 0. The van der Waals surface area contributed by atoms with E-state index in [9.17, 15) is 4.79 Å². The van der Waals surface area contributed by atoms with Gasteiger partial charge in [0, 0.05) is 5.38 Å². The van der Waals surface area contributed by atoms with Gasteiger partial charge in [0.25, 0.3) is 5.91 Å². The maximum absolute atomic E-state index is 11.9. The van der Waals surface area contributed by atoms with Gasteiger partial charge in [-0.15, -0.1) is 0 Å². The van der Waals surface area contributed by atoms with Crippen molar-refractivity contribution in [2.75, 3.05) is 0 Å². The van der Waals surface area contributed by atoms with Crippen molar-refractivity contribution < 1.29 is 4.79 Å². The van der Waals surface area contributed by atoms with Crippen LogP contribution in [0.4, 0.5) is 0 Å². The summed E-state index contributed by atoms with van der Waals surface area (Å²) in [7, 11) is 0. The zero-order chi connectivity index (χ0) is 12.1. The topological polar surface area (TPSA) is 52.9 Å². The first-order valence-corrected chi connectivity index (χ1v) is 6.98. The fourth-order valence-corrected chi connectivity index (χ4v) is 2.98. The Bertz CT molecular complexity index is 402. The Morgan fingerprint density at radius 1 is 1.47 bits per heavy atom. The van der Waals surface area contributed by atoms with Crippen LogP contribution in [0.5, 0.6) is 0 Å². The minimum absolute atomic E-state index is 0.122. The van der Waals surface area contributed by atoms with Crippen molar-refractivity contribution >= 4 is 17.2 Å². The average molecular weight is 248 g/mol. The Balaban J connectivity index is 1.95. The van der Waals surface area contributed by atoms with Crippen LogP contribution in [0.3, 0.4) is 0 Å². The molecule has 90 valence electrons. The fourth-order valence-electron chi connectivity index (χ4n) is 2.34. The zero-order valence-electron chi connectivity index (χ0n) is 9.69. The lowest BCUT2D eigenvalue weighted by molar-refractivity contribution is 0.0929. The van der Waals surface area contributed by atoms with Gasteiger partial charge in [-0.2, -0.15) is 16.6 Å². The number of thiophene rings is 1. The highest BCUT2D eigenvalue weighted by Crippen LogP contribution is 2.26. The van der Waals surface area contributed by atoms with Gasteiger partial charge in [0.05, 0.1) is 11.6 Å². The molecule has 0 unspecified atom stereocenters. The van der Waals surface area contributed by atoms with Crippen molar-refractivity contribution in [3.8, 4) is 6.07 Å². The Morgan fingerprint density at radius 2 is 2.24 bits per heavy atom. The lowest BCUT2D eigenvalue weighted by atomic mass is 9.84. The monoisotopic (exact) mass is 248 g/mol. The van der Waals surface area contributed by atoms with Gasteiger partial charge in [-0.25, -0.2) is 0 Å². The standard InChI is InChI=1S/C13H16N2OS/c14-8-12(10-4-2-1-3-5-10)15-13(16)11-6-7-17-9-11/h6-7,9-10,12H,1-5H2,(H,15,16)/t12-/m1/s1. The quantitative estimate of drug-likeness (QED) is 0.894. The third-order valence-corrected chi connectivity index (χ3v) is 4.01. The number of carbonyl (C=O) groups is 1. The summed E-state index contributed by atoms with van der Waals surface area (Å²) in [5, 5.41) is 15.7. The van der Waals surface area contributed by atoms with Gasteiger partial charge in [0.2, 0.25) is 0 Å². The van der Waals surface area contributed by atoms with Gasteiger partial charge in [-0.05, 0) is 30.2 Å². The Hall–Kier alpha value is -1.34. The van der Waals surface area contributed by atoms with Crippen LogP contribution in [0.1, 0.15) is 42.5 Å². The van der Waals surface area contributed by atoms with Crippen LogP contribution < -0.4 is 5.32 Å². The van der Waals surface area contributed by atoms with E-state index in [2.05, 4.69) is 11.4 Å². The second-order valence-electron chi connectivity index (χ2n) is 4.49. The molecule has 1 amide bonds. The smallest absolute Gasteiger partial charge is 0.253 e. The van der Waals surface area contributed by atoms with Crippen molar-refractivity contribution in [1.29, 1.82) is 5.26 Å². The van der Waals surface area contributed by atoms with Crippen LogP contribution >= 0.6 is 11.3 Å². The lowest BCUT2D eigenvalue weighted by Crippen LogP contribution is -2.39. The molecule has 1 atom stereocenters. The molecule has 3 nitrogen and oxygen atoms in total. The van der Waals surface area contributed by atoms with Gasteiger partial charge in [-0.3, -0.25) is 4.79 Å². The number of nitriles is 1. The van der Waals surface area contributed by atoms with Gasteiger partial charge >= 0.3 is 0 Å². The molecule has 2 rings (SSSR count). The molecule has 1 N–H and O–H groups in total. The minimum Gasteiger partial charge on any atom is -0.336 e. The van der Waals surface area contributed by atoms with Crippen molar-refractivity contribution in [1.82, 2.24) is 5.32 Å². The van der Waals surface area contributed by atoms with E-state index in [0.717, 1.165) is 12.8 Å². The predicted molar refractivity (Wildman–Crippen MR) is 67.8 cm³/mol. The highest BCUT2D eigenvalue weighted by molar-refractivity contribution is 7.08. The zero-order valence-corrected chi connectivity index (χ0v) is 10.5. The first kappa shape index (κ1) is 12.1. The summed E-state index contributed by atoms with van der Waals surface area (Å²) in [6, 6.07) is 3.69. The molecule has 1 aliphatic carbocycles. The third-order valence-electron chi connectivity index (χ3n) is 3.33. The van der Waals surface area contributed by atoms with Crippen molar-refractivity contribution in [3.63, 3.8) is 0 Å². The molecule has 1 saturated carbocycles. The third kappa shape index (κ3) is 3.07. The second-order valence-corrected chi connectivity index (χ2v) is 5.27. The summed E-state index contributed by atoms with van der Waals surface area (Å²) in [6.07, 6.45) is 5.73. The second kappa shape index (κ2) is 5.83. The predicted octanol–water partition coefficient (Wildman–Crippen LogP) is 2.95. The SMILES string of the molecule is N#C[C@@H](NC(=O)c1ccsc1)C1CCCCC1. The summed E-state index contributed by atoms with van der Waals surface area (Å²) in [4.78, 5) is 11.9. The van der Waals surface area contributed by atoms with Crippen LogP contribution in [0.15, 0.2) is 16.8 Å². The number of nitrogens with zero attached hydrogens (tertiary/aromatic N) is 1. The molecule has 1 heterocycles. The number of rotatable bonds is 3. The van der Waals surface area contributed by atoms with Gasteiger partial charge in [-0.1, -0.05) is 19.3 Å². The molecule has 0 spiro atoms.